The van der Waals surface area contributed by atoms with Gasteiger partial charge < -0.3 is 19.4 Å². The maximum Gasteiger partial charge on any atom is 0.277 e. The third kappa shape index (κ3) is 6.12. The standard InChI is InChI=1S/C21H24N2O5/c1-13-7-14(2)9-18(8-13)28-12-20(24)23-22-15(3)16-5-6-19(27-4)17(10-16)11-21(25)26/h5-10H,11-12H2,1-4H3,(H,23,24)(H,25,26)/p-1/b22-15-. The number of hydrogen-bond acceptors (Lipinski definition) is 6. The SMILES string of the molecule is COc1ccc(/C(C)=N\NC(=O)COc2cc(C)cc(C)c2)cc1CC(=O)[O-]. The summed E-state index contributed by atoms with van der Waals surface area (Å²) in [5, 5.41) is 14.9. The van der Waals surface area contributed by atoms with Gasteiger partial charge in [0.05, 0.1) is 12.8 Å². The van der Waals surface area contributed by atoms with Gasteiger partial charge >= 0.3 is 0 Å². The van der Waals surface area contributed by atoms with Crippen LogP contribution in [0.3, 0.4) is 0 Å². The van der Waals surface area contributed by atoms with Crippen molar-refractivity contribution >= 4 is 17.6 Å². The summed E-state index contributed by atoms with van der Waals surface area (Å²) >= 11 is 0. The minimum Gasteiger partial charge on any atom is -0.550 e. The smallest absolute Gasteiger partial charge is 0.277 e. The molecule has 2 aromatic rings. The molecule has 7 nitrogen and oxygen atoms in total. The molecule has 0 aromatic heterocycles. The van der Waals surface area contributed by atoms with Crippen molar-refractivity contribution < 1.29 is 24.2 Å². The number of carbonyl (C=O) groups is 2. The minimum atomic E-state index is -1.21. The van der Waals surface area contributed by atoms with Crippen LogP contribution in [0.1, 0.15) is 29.2 Å². The van der Waals surface area contributed by atoms with Gasteiger partial charge in [0, 0.05) is 18.0 Å². The number of aryl methyl sites for hydroxylation is 2. The number of aliphatic carboxylic acids is 1. The summed E-state index contributed by atoms with van der Waals surface area (Å²) in [6.45, 7) is 5.45. The molecule has 0 aliphatic rings. The Kier molecular flexibility index (Phi) is 7.14. The Morgan fingerprint density at radius 1 is 1.11 bits per heavy atom. The van der Waals surface area contributed by atoms with Crippen LogP contribution in [0.25, 0.3) is 0 Å². The molecule has 0 aliphatic carbocycles. The largest absolute Gasteiger partial charge is 0.550 e. The Bertz CT molecular complexity index is 885. The monoisotopic (exact) mass is 383 g/mol. The van der Waals surface area contributed by atoms with Gasteiger partial charge in [0.1, 0.15) is 11.5 Å². The van der Waals surface area contributed by atoms with Crippen LogP contribution in [-0.4, -0.2) is 31.3 Å². The van der Waals surface area contributed by atoms with Crippen molar-refractivity contribution in [3.8, 4) is 11.5 Å². The molecule has 28 heavy (non-hydrogen) atoms. The Balaban J connectivity index is 2.00. The van der Waals surface area contributed by atoms with Crippen molar-refractivity contribution in [2.45, 2.75) is 27.2 Å². The van der Waals surface area contributed by atoms with Crippen molar-refractivity contribution in [2.75, 3.05) is 13.7 Å². The molecule has 0 saturated carbocycles. The van der Waals surface area contributed by atoms with Gasteiger partial charge in [-0.15, -0.1) is 0 Å². The average Bonchev–Trinajstić information content (AvgIpc) is 2.63. The maximum absolute atomic E-state index is 12.0. The number of nitrogens with zero attached hydrogens (tertiary/aromatic N) is 1. The average molecular weight is 383 g/mol. The number of carboxylic acids is 1. The van der Waals surface area contributed by atoms with Crippen LogP contribution in [0, 0.1) is 13.8 Å². The van der Waals surface area contributed by atoms with Gasteiger partial charge in [-0.25, -0.2) is 5.43 Å². The van der Waals surface area contributed by atoms with E-state index in [1.54, 1.807) is 25.1 Å². The van der Waals surface area contributed by atoms with E-state index in [4.69, 9.17) is 9.47 Å². The molecule has 148 valence electrons. The lowest BCUT2D eigenvalue weighted by Gasteiger charge is -2.11. The fourth-order valence-corrected chi connectivity index (χ4v) is 2.71. The van der Waals surface area contributed by atoms with Gasteiger partial charge in [-0.05, 0) is 67.8 Å². The Morgan fingerprint density at radius 3 is 2.39 bits per heavy atom. The number of hydrogen-bond donors (Lipinski definition) is 1. The highest BCUT2D eigenvalue weighted by Gasteiger charge is 2.08. The molecule has 0 aliphatic heterocycles. The van der Waals surface area contributed by atoms with E-state index in [0.717, 1.165) is 11.1 Å². The molecule has 0 fully saturated rings. The topological polar surface area (TPSA) is 100 Å². The maximum atomic E-state index is 12.0. The van der Waals surface area contributed by atoms with Crippen LogP contribution in [0.4, 0.5) is 0 Å². The Labute approximate surface area is 164 Å². The number of hydrazone groups is 1. The molecule has 0 unspecified atom stereocenters. The lowest BCUT2D eigenvalue weighted by molar-refractivity contribution is -0.304. The van der Waals surface area contributed by atoms with Crippen LogP contribution < -0.4 is 20.0 Å². The lowest BCUT2D eigenvalue weighted by atomic mass is 10.0. The first-order valence-corrected chi connectivity index (χ1v) is 8.70. The molecule has 2 aromatic carbocycles. The second kappa shape index (κ2) is 9.55. The minimum absolute atomic E-state index is 0.168. The van der Waals surface area contributed by atoms with Crippen molar-refractivity contribution in [1.82, 2.24) is 5.43 Å². The molecule has 0 spiro atoms. The van der Waals surface area contributed by atoms with E-state index in [-0.39, 0.29) is 13.0 Å². The van der Waals surface area contributed by atoms with Gasteiger partial charge in [-0.3, -0.25) is 4.79 Å². The zero-order valence-corrected chi connectivity index (χ0v) is 16.4. The van der Waals surface area contributed by atoms with E-state index < -0.39 is 11.9 Å². The molecule has 1 N–H and O–H groups in total. The van der Waals surface area contributed by atoms with Crippen LogP contribution in [0.5, 0.6) is 11.5 Å². The molecule has 0 atom stereocenters. The first kappa shape index (κ1) is 21.0. The van der Waals surface area contributed by atoms with Crippen LogP contribution in [0.15, 0.2) is 41.5 Å². The van der Waals surface area contributed by atoms with E-state index in [1.165, 1.54) is 7.11 Å². The molecular formula is C21H23N2O5-. The predicted octanol–water partition coefficient (Wildman–Crippen LogP) is 1.52. The predicted molar refractivity (Wildman–Crippen MR) is 103 cm³/mol. The third-order valence-corrected chi connectivity index (χ3v) is 3.95. The van der Waals surface area contributed by atoms with E-state index >= 15 is 0 Å². The molecule has 0 radical (unpaired) electrons. The number of carboxylic acid groups (broad SMARTS) is 1. The van der Waals surface area contributed by atoms with Crippen molar-refractivity contribution in [1.29, 1.82) is 0 Å². The summed E-state index contributed by atoms with van der Waals surface area (Å²) in [5.74, 6) is -0.536. The van der Waals surface area contributed by atoms with Crippen molar-refractivity contribution in [3.05, 3.63) is 58.7 Å². The van der Waals surface area contributed by atoms with Gasteiger partial charge in [0.2, 0.25) is 0 Å². The quantitative estimate of drug-likeness (QED) is 0.550. The first-order valence-electron chi connectivity index (χ1n) is 8.70. The van der Waals surface area contributed by atoms with E-state index in [2.05, 4.69) is 10.5 Å². The zero-order valence-electron chi connectivity index (χ0n) is 16.4. The number of nitrogens with one attached hydrogen (secondary N) is 1. The third-order valence-electron chi connectivity index (χ3n) is 3.95. The van der Waals surface area contributed by atoms with Crippen LogP contribution >= 0.6 is 0 Å². The second-order valence-corrected chi connectivity index (χ2v) is 6.42. The molecule has 2 rings (SSSR count). The fourth-order valence-electron chi connectivity index (χ4n) is 2.71. The van der Waals surface area contributed by atoms with Gasteiger partial charge in [0.25, 0.3) is 5.91 Å². The Hall–Kier alpha value is -3.35. The number of benzene rings is 2. The van der Waals surface area contributed by atoms with E-state index in [9.17, 15) is 14.7 Å². The number of ether oxygens (including phenoxy) is 2. The van der Waals surface area contributed by atoms with Gasteiger partial charge in [-0.1, -0.05) is 6.07 Å². The van der Waals surface area contributed by atoms with Gasteiger partial charge in [-0.2, -0.15) is 5.10 Å². The van der Waals surface area contributed by atoms with Crippen LogP contribution in [0.2, 0.25) is 0 Å². The fraction of sp³-hybridized carbons (Fsp3) is 0.286. The number of methoxy groups -OCH3 is 1. The summed E-state index contributed by atoms with van der Waals surface area (Å²) in [4.78, 5) is 22.9. The number of rotatable bonds is 8. The molecular weight excluding hydrogens is 360 g/mol. The van der Waals surface area contributed by atoms with Crippen molar-refractivity contribution in [3.63, 3.8) is 0 Å². The second-order valence-electron chi connectivity index (χ2n) is 6.42. The highest BCUT2D eigenvalue weighted by atomic mass is 16.5. The molecule has 7 heteroatoms. The molecule has 0 heterocycles. The molecule has 0 bridgehead atoms. The highest BCUT2D eigenvalue weighted by Crippen LogP contribution is 2.21. The lowest BCUT2D eigenvalue weighted by Crippen LogP contribution is -2.26. The van der Waals surface area contributed by atoms with Crippen molar-refractivity contribution in [2.24, 2.45) is 5.10 Å². The summed E-state index contributed by atoms with van der Waals surface area (Å²) in [7, 11) is 1.46. The summed E-state index contributed by atoms with van der Waals surface area (Å²) < 4.78 is 10.6. The number of carbonyl (C=O) groups excluding carboxylic acids is 2. The molecule has 1 amide bonds. The highest BCUT2D eigenvalue weighted by molar-refractivity contribution is 5.99. The Morgan fingerprint density at radius 2 is 1.79 bits per heavy atom. The summed E-state index contributed by atoms with van der Waals surface area (Å²) in [6.07, 6.45) is -0.277. The van der Waals surface area contributed by atoms with Crippen LogP contribution in [-0.2, 0) is 16.0 Å². The van der Waals surface area contributed by atoms with E-state index in [1.807, 2.05) is 32.0 Å². The normalized spacial score (nSPS) is 11.1. The number of amides is 1. The van der Waals surface area contributed by atoms with Gasteiger partial charge in [0.15, 0.2) is 6.61 Å². The summed E-state index contributed by atoms with van der Waals surface area (Å²) in [6, 6.07) is 10.7. The van der Waals surface area contributed by atoms with E-state index in [0.29, 0.717) is 28.3 Å². The first-order chi connectivity index (χ1) is 13.3. The zero-order chi connectivity index (χ0) is 20.7. The molecule has 0 saturated heterocycles. The summed E-state index contributed by atoms with van der Waals surface area (Å²) in [5.41, 5.74) is 6.18.